The molecule has 0 bridgehead atoms. The summed E-state index contributed by atoms with van der Waals surface area (Å²) in [6.45, 7) is 2.14. The van der Waals surface area contributed by atoms with Crippen LogP contribution in [0.15, 0.2) is 76.3 Å². The minimum atomic E-state index is 0.417. The van der Waals surface area contributed by atoms with Crippen LogP contribution in [-0.4, -0.2) is 0 Å². The molecule has 0 N–H and O–H groups in total. The molecule has 3 heteroatoms. The van der Waals surface area contributed by atoms with Crippen LogP contribution in [0.3, 0.4) is 0 Å². The number of allylic oxidation sites excluding steroid dienone is 1. The predicted molar refractivity (Wildman–Crippen MR) is 105 cm³/mol. The lowest BCUT2D eigenvalue weighted by molar-refractivity contribution is 1.24. The van der Waals surface area contributed by atoms with Gasteiger partial charge in [-0.2, -0.15) is 0 Å². The lowest BCUT2D eigenvalue weighted by atomic mass is 10.1. The smallest absolute Gasteiger partial charge is 0.0528 e. The second-order valence-electron chi connectivity index (χ2n) is 5.50. The summed E-state index contributed by atoms with van der Waals surface area (Å²) in [6.07, 6.45) is 4.62. The Hall–Kier alpha value is -1.55. The number of rotatable bonds is 3. The largest absolute Gasteiger partial charge is 0.144 e. The maximum atomic E-state index is 2.33. The molecule has 1 aromatic carbocycles. The standard InChI is InChI=1S/C20H16S3/c1-14-6-8-15(9-7-14)16-10-11-19(23-16)20(17-4-2-12-21-17)18-5-3-13-22-18/h2-13,16H,1H3. The second-order valence-corrected chi connectivity index (χ2v) is 8.58. The molecule has 0 saturated heterocycles. The fourth-order valence-electron chi connectivity index (χ4n) is 2.67. The summed E-state index contributed by atoms with van der Waals surface area (Å²) in [5.41, 5.74) is 4.07. The minimum Gasteiger partial charge on any atom is -0.144 e. The first-order valence-corrected chi connectivity index (χ1v) is 10.2. The highest BCUT2D eigenvalue weighted by Gasteiger charge is 2.21. The van der Waals surface area contributed by atoms with Gasteiger partial charge in [0.25, 0.3) is 0 Å². The third-order valence-corrected chi connectivity index (χ3v) is 6.92. The average molecular weight is 353 g/mol. The maximum Gasteiger partial charge on any atom is 0.0528 e. The molecule has 4 rings (SSSR count). The molecule has 3 heterocycles. The lowest BCUT2D eigenvalue weighted by Crippen LogP contribution is -1.88. The van der Waals surface area contributed by atoms with Gasteiger partial charge in [-0.3, -0.25) is 0 Å². The number of benzene rings is 1. The van der Waals surface area contributed by atoms with Gasteiger partial charge in [0.05, 0.1) is 5.25 Å². The first kappa shape index (κ1) is 15.0. The average Bonchev–Trinajstić information content (AvgIpc) is 3.32. The molecule has 0 amide bonds. The van der Waals surface area contributed by atoms with E-state index in [0.29, 0.717) is 5.25 Å². The Balaban J connectivity index is 1.72. The van der Waals surface area contributed by atoms with Crippen molar-refractivity contribution >= 4 is 40.0 Å². The van der Waals surface area contributed by atoms with Crippen molar-refractivity contribution in [2.24, 2.45) is 0 Å². The quantitative estimate of drug-likeness (QED) is 0.493. The van der Waals surface area contributed by atoms with Gasteiger partial charge in [-0.15, -0.1) is 34.4 Å². The fourth-order valence-corrected chi connectivity index (χ4v) is 5.68. The molecule has 1 aliphatic heterocycles. The zero-order valence-electron chi connectivity index (χ0n) is 12.7. The van der Waals surface area contributed by atoms with E-state index < -0.39 is 0 Å². The number of hydrogen-bond acceptors (Lipinski definition) is 3. The summed E-state index contributed by atoms with van der Waals surface area (Å²) in [5, 5.41) is 4.73. The van der Waals surface area contributed by atoms with E-state index in [-0.39, 0.29) is 0 Å². The third-order valence-electron chi connectivity index (χ3n) is 3.86. The van der Waals surface area contributed by atoms with Crippen molar-refractivity contribution < 1.29 is 0 Å². The van der Waals surface area contributed by atoms with Crippen molar-refractivity contribution in [3.05, 3.63) is 97.2 Å². The van der Waals surface area contributed by atoms with Gasteiger partial charge in [-0.25, -0.2) is 0 Å². The van der Waals surface area contributed by atoms with E-state index >= 15 is 0 Å². The number of hydrogen-bond donors (Lipinski definition) is 0. The highest BCUT2D eigenvalue weighted by molar-refractivity contribution is 8.04. The summed E-state index contributed by atoms with van der Waals surface area (Å²) >= 11 is 5.59. The molecule has 0 fully saturated rings. The van der Waals surface area contributed by atoms with Gasteiger partial charge in [-0.1, -0.05) is 54.1 Å². The summed E-state index contributed by atoms with van der Waals surface area (Å²) in [5.74, 6) is 0. The molecule has 114 valence electrons. The van der Waals surface area contributed by atoms with E-state index in [0.717, 1.165) is 0 Å². The number of thioether (sulfide) groups is 1. The van der Waals surface area contributed by atoms with Crippen molar-refractivity contribution in [3.63, 3.8) is 0 Å². The van der Waals surface area contributed by atoms with Crippen molar-refractivity contribution in [2.75, 3.05) is 0 Å². The van der Waals surface area contributed by atoms with E-state index in [2.05, 4.69) is 78.4 Å². The summed E-state index contributed by atoms with van der Waals surface area (Å²) in [4.78, 5) is 4.08. The van der Waals surface area contributed by atoms with Crippen LogP contribution in [0, 0.1) is 6.92 Å². The van der Waals surface area contributed by atoms with Crippen LogP contribution in [-0.2, 0) is 0 Å². The predicted octanol–water partition coefficient (Wildman–Crippen LogP) is 6.92. The zero-order valence-corrected chi connectivity index (χ0v) is 15.2. The summed E-state index contributed by atoms with van der Waals surface area (Å²) < 4.78 is 0. The van der Waals surface area contributed by atoms with Crippen molar-refractivity contribution in [1.82, 2.24) is 0 Å². The van der Waals surface area contributed by atoms with Crippen LogP contribution in [0.4, 0.5) is 0 Å². The van der Waals surface area contributed by atoms with Crippen molar-refractivity contribution in [3.8, 4) is 0 Å². The number of thiophene rings is 2. The van der Waals surface area contributed by atoms with Crippen LogP contribution in [0.2, 0.25) is 0 Å². The molecule has 0 radical (unpaired) electrons. The van der Waals surface area contributed by atoms with E-state index in [4.69, 9.17) is 0 Å². The molecular formula is C20H16S3. The molecule has 1 atom stereocenters. The van der Waals surface area contributed by atoms with Crippen molar-refractivity contribution in [1.29, 1.82) is 0 Å². The Morgan fingerprint density at radius 2 is 1.52 bits per heavy atom. The van der Waals surface area contributed by atoms with Gasteiger partial charge in [-0.05, 0) is 35.4 Å². The van der Waals surface area contributed by atoms with E-state index in [1.54, 1.807) is 0 Å². The first-order chi connectivity index (χ1) is 11.3. The fraction of sp³-hybridized carbons (Fsp3) is 0.100. The minimum absolute atomic E-state index is 0.417. The molecule has 3 aromatic rings. The van der Waals surface area contributed by atoms with Gasteiger partial charge in [0.15, 0.2) is 0 Å². The Labute approximate surface area is 149 Å². The number of aryl methyl sites for hydroxylation is 1. The van der Waals surface area contributed by atoms with Gasteiger partial charge in [0.2, 0.25) is 0 Å². The molecule has 1 unspecified atom stereocenters. The molecule has 2 aromatic heterocycles. The van der Waals surface area contributed by atoms with E-state index in [9.17, 15) is 0 Å². The molecule has 0 aliphatic carbocycles. The summed E-state index contributed by atoms with van der Waals surface area (Å²) in [6, 6.07) is 17.6. The highest BCUT2D eigenvalue weighted by Crippen LogP contribution is 2.47. The lowest BCUT2D eigenvalue weighted by Gasteiger charge is -2.11. The van der Waals surface area contributed by atoms with E-state index in [1.165, 1.54) is 31.4 Å². The van der Waals surface area contributed by atoms with Gasteiger partial charge >= 0.3 is 0 Å². The Morgan fingerprint density at radius 1 is 0.870 bits per heavy atom. The first-order valence-electron chi connectivity index (χ1n) is 7.55. The molecule has 0 nitrogen and oxygen atoms in total. The third kappa shape index (κ3) is 3.09. The monoisotopic (exact) mass is 352 g/mol. The van der Waals surface area contributed by atoms with Crippen LogP contribution in [0.1, 0.15) is 26.1 Å². The molecule has 0 spiro atoms. The van der Waals surface area contributed by atoms with Crippen LogP contribution in [0.5, 0.6) is 0 Å². The molecule has 0 saturated carbocycles. The highest BCUT2D eigenvalue weighted by atomic mass is 32.2. The Morgan fingerprint density at radius 3 is 2.09 bits per heavy atom. The summed E-state index contributed by atoms with van der Waals surface area (Å²) in [7, 11) is 0. The molecular weight excluding hydrogens is 336 g/mol. The van der Waals surface area contributed by atoms with E-state index in [1.807, 2.05) is 34.4 Å². The normalized spacial score (nSPS) is 16.9. The SMILES string of the molecule is Cc1ccc(C2C=CC(=C(c3cccs3)c3cccs3)S2)cc1. The van der Waals surface area contributed by atoms with Crippen LogP contribution >= 0.6 is 34.4 Å². The Bertz CT molecular complexity index is 799. The van der Waals surface area contributed by atoms with Crippen LogP contribution < -0.4 is 0 Å². The van der Waals surface area contributed by atoms with Gasteiger partial charge in [0.1, 0.15) is 0 Å². The zero-order chi connectivity index (χ0) is 15.6. The molecule has 23 heavy (non-hydrogen) atoms. The topological polar surface area (TPSA) is 0 Å². The van der Waals surface area contributed by atoms with Crippen molar-refractivity contribution in [2.45, 2.75) is 12.2 Å². The Kier molecular flexibility index (Phi) is 4.25. The van der Waals surface area contributed by atoms with Gasteiger partial charge < -0.3 is 0 Å². The maximum absolute atomic E-state index is 2.33. The second kappa shape index (κ2) is 6.52. The molecule has 1 aliphatic rings. The van der Waals surface area contributed by atoms with Gasteiger partial charge in [0, 0.05) is 20.2 Å². The van der Waals surface area contributed by atoms with Crippen LogP contribution in [0.25, 0.3) is 5.57 Å².